The molecule has 1 amide bonds. The molecule has 3 heteroatoms. The van der Waals surface area contributed by atoms with Crippen molar-refractivity contribution in [1.29, 1.82) is 0 Å². The number of carbonyl (C=O) groups excluding carboxylic acids is 1. The molecule has 2 N–H and O–H groups in total. The second-order valence-electron chi connectivity index (χ2n) is 5.58. The Morgan fingerprint density at radius 3 is 2.89 bits per heavy atom. The molecule has 1 saturated heterocycles. The molecule has 0 bridgehead atoms. The first-order valence-corrected chi connectivity index (χ1v) is 7.18. The van der Waals surface area contributed by atoms with Gasteiger partial charge in [-0.25, -0.2) is 0 Å². The van der Waals surface area contributed by atoms with Crippen LogP contribution in [-0.2, 0) is 4.79 Å². The highest BCUT2D eigenvalue weighted by Gasteiger charge is 2.28. The van der Waals surface area contributed by atoms with Crippen molar-refractivity contribution in [3.8, 4) is 0 Å². The van der Waals surface area contributed by atoms with Gasteiger partial charge in [-0.15, -0.1) is 0 Å². The molecule has 1 aromatic rings. The number of aryl methyl sites for hydroxylation is 1. The maximum absolute atomic E-state index is 12.4. The lowest BCUT2D eigenvalue weighted by Crippen LogP contribution is -2.40. The molecule has 0 aromatic heterocycles. The van der Waals surface area contributed by atoms with Gasteiger partial charge >= 0.3 is 0 Å². The molecule has 19 heavy (non-hydrogen) atoms. The van der Waals surface area contributed by atoms with Crippen LogP contribution < -0.4 is 5.73 Å². The molecule has 1 fully saturated rings. The van der Waals surface area contributed by atoms with Crippen LogP contribution in [0.1, 0.15) is 43.2 Å². The Labute approximate surface area is 115 Å². The third-order valence-corrected chi connectivity index (χ3v) is 4.17. The third kappa shape index (κ3) is 3.16. The van der Waals surface area contributed by atoms with Crippen LogP contribution in [0.15, 0.2) is 24.3 Å². The normalized spacial score (nSPS) is 20.6. The zero-order valence-corrected chi connectivity index (χ0v) is 11.9. The highest BCUT2D eigenvalue weighted by Crippen LogP contribution is 2.25. The fraction of sp³-hybridized carbons (Fsp3) is 0.562. The highest BCUT2D eigenvalue weighted by atomic mass is 16.2. The summed E-state index contributed by atoms with van der Waals surface area (Å²) in [6.45, 7) is 5.70. The minimum absolute atomic E-state index is 0.253. The van der Waals surface area contributed by atoms with Gasteiger partial charge < -0.3 is 10.6 Å². The van der Waals surface area contributed by atoms with E-state index < -0.39 is 0 Å². The maximum Gasteiger partial charge on any atom is 0.223 e. The molecule has 0 spiro atoms. The van der Waals surface area contributed by atoms with Gasteiger partial charge in [-0.2, -0.15) is 0 Å². The molecule has 0 aliphatic carbocycles. The van der Waals surface area contributed by atoms with E-state index in [1.807, 2.05) is 17.0 Å². The van der Waals surface area contributed by atoms with Gasteiger partial charge in [0.15, 0.2) is 0 Å². The predicted molar refractivity (Wildman–Crippen MR) is 78.0 cm³/mol. The van der Waals surface area contributed by atoms with Gasteiger partial charge in [0.05, 0.1) is 0 Å². The van der Waals surface area contributed by atoms with E-state index in [-0.39, 0.29) is 17.9 Å². The van der Waals surface area contributed by atoms with Gasteiger partial charge in [0, 0.05) is 25.6 Å². The van der Waals surface area contributed by atoms with E-state index in [1.165, 1.54) is 11.1 Å². The van der Waals surface area contributed by atoms with E-state index in [1.54, 1.807) is 0 Å². The third-order valence-electron chi connectivity index (χ3n) is 4.17. The van der Waals surface area contributed by atoms with E-state index in [4.69, 9.17) is 5.73 Å². The topological polar surface area (TPSA) is 46.3 Å². The molecule has 1 aliphatic heterocycles. The molecular weight excluding hydrogens is 236 g/mol. The van der Waals surface area contributed by atoms with Crippen LogP contribution in [0.4, 0.5) is 0 Å². The summed E-state index contributed by atoms with van der Waals surface area (Å²) in [4.78, 5) is 14.4. The minimum Gasteiger partial charge on any atom is -0.338 e. The summed E-state index contributed by atoms with van der Waals surface area (Å²) in [5.41, 5.74) is 8.27. The summed E-state index contributed by atoms with van der Waals surface area (Å²) in [5.74, 6) is 0.524. The van der Waals surface area contributed by atoms with Gasteiger partial charge in [0.1, 0.15) is 0 Å². The number of carbonyl (C=O) groups is 1. The van der Waals surface area contributed by atoms with Crippen molar-refractivity contribution < 1.29 is 4.79 Å². The van der Waals surface area contributed by atoms with Gasteiger partial charge in [-0.1, -0.05) is 31.2 Å². The van der Waals surface area contributed by atoms with Crippen LogP contribution in [0.5, 0.6) is 0 Å². The molecule has 0 radical (unpaired) electrons. The van der Waals surface area contributed by atoms with Crippen molar-refractivity contribution in [2.45, 2.75) is 45.1 Å². The lowest BCUT2D eigenvalue weighted by atomic mass is 9.93. The van der Waals surface area contributed by atoms with Gasteiger partial charge in [0.2, 0.25) is 5.91 Å². The Morgan fingerprint density at radius 2 is 2.21 bits per heavy atom. The SMILES string of the molecule is Cc1ccccc1[C@H](C)CC(=O)N1CCC[C@@H]1CN. The second kappa shape index (κ2) is 6.20. The van der Waals surface area contributed by atoms with Crippen molar-refractivity contribution in [2.24, 2.45) is 5.73 Å². The minimum atomic E-state index is 0.253. The van der Waals surface area contributed by atoms with Gasteiger partial charge in [-0.3, -0.25) is 4.79 Å². The van der Waals surface area contributed by atoms with Gasteiger partial charge in [-0.05, 0) is 36.8 Å². The standard InChI is InChI=1S/C16H24N2O/c1-12-6-3-4-8-15(12)13(2)10-16(19)18-9-5-7-14(18)11-17/h3-4,6,8,13-14H,5,7,9-11,17H2,1-2H3/t13-,14-/m1/s1. The summed E-state index contributed by atoms with van der Waals surface area (Å²) in [5, 5.41) is 0. The Bertz CT molecular complexity index is 444. The van der Waals surface area contributed by atoms with Crippen molar-refractivity contribution >= 4 is 5.91 Å². The van der Waals surface area contributed by atoms with Gasteiger partial charge in [0.25, 0.3) is 0 Å². The number of benzene rings is 1. The Hall–Kier alpha value is -1.35. The monoisotopic (exact) mass is 260 g/mol. The number of nitrogens with two attached hydrogens (primary N) is 1. The van der Waals surface area contributed by atoms with E-state index in [0.29, 0.717) is 13.0 Å². The molecule has 1 aliphatic rings. The second-order valence-corrected chi connectivity index (χ2v) is 5.58. The van der Waals surface area contributed by atoms with E-state index in [0.717, 1.165) is 19.4 Å². The van der Waals surface area contributed by atoms with Crippen molar-refractivity contribution in [2.75, 3.05) is 13.1 Å². The van der Waals surface area contributed by atoms with E-state index in [2.05, 4.69) is 26.0 Å². The fourth-order valence-electron chi connectivity index (χ4n) is 3.04. The molecule has 0 unspecified atom stereocenters. The molecule has 0 saturated carbocycles. The zero-order valence-electron chi connectivity index (χ0n) is 11.9. The maximum atomic E-state index is 12.4. The van der Waals surface area contributed by atoms with E-state index >= 15 is 0 Å². The quantitative estimate of drug-likeness (QED) is 0.904. The number of amides is 1. The molecule has 2 rings (SSSR count). The first-order chi connectivity index (χ1) is 9.13. The summed E-state index contributed by atoms with van der Waals surface area (Å²) in [7, 11) is 0. The van der Waals surface area contributed by atoms with Crippen LogP contribution in [0.3, 0.4) is 0 Å². The summed E-state index contributed by atoms with van der Waals surface area (Å²) in [6, 6.07) is 8.57. The predicted octanol–water partition coefficient (Wildman–Crippen LogP) is 2.44. The Kier molecular flexibility index (Phi) is 4.59. The van der Waals surface area contributed by atoms with Crippen LogP contribution in [0.25, 0.3) is 0 Å². The molecule has 1 aromatic carbocycles. The number of rotatable bonds is 4. The largest absolute Gasteiger partial charge is 0.338 e. The smallest absolute Gasteiger partial charge is 0.223 e. The zero-order chi connectivity index (χ0) is 13.8. The summed E-state index contributed by atoms with van der Waals surface area (Å²) in [6.07, 6.45) is 2.73. The lowest BCUT2D eigenvalue weighted by Gasteiger charge is -2.25. The van der Waals surface area contributed by atoms with Crippen molar-refractivity contribution in [3.05, 3.63) is 35.4 Å². The molecule has 104 valence electrons. The van der Waals surface area contributed by atoms with Crippen LogP contribution in [-0.4, -0.2) is 29.9 Å². The van der Waals surface area contributed by atoms with Crippen LogP contribution >= 0.6 is 0 Å². The van der Waals surface area contributed by atoms with E-state index in [9.17, 15) is 4.79 Å². The first kappa shape index (κ1) is 14.1. The average Bonchev–Trinajstić information content (AvgIpc) is 2.87. The summed E-state index contributed by atoms with van der Waals surface area (Å²) < 4.78 is 0. The molecular formula is C16H24N2O. The Balaban J connectivity index is 2.01. The first-order valence-electron chi connectivity index (χ1n) is 7.18. The number of nitrogens with zero attached hydrogens (tertiary/aromatic N) is 1. The number of likely N-dealkylation sites (tertiary alicyclic amines) is 1. The average molecular weight is 260 g/mol. The van der Waals surface area contributed by atoms with Crippen LogP contribution in [0, 0.1) is 6.92 Å². The fourth-order valence-corrected chi connectivity index (χ4v) is 3.04. The highest BCUT2D eigenvalue weighted by molar-refractivity contribution is 5.77. The van der Waals surface area contributed by atoms with Crippen LogP contribution in [0.2, 0.25) is 0 Å². The molecule has 2 atom stereocenters. The molecule has 3 nitrogen and oxygen atoms in total. The van der Waals surface area contributed by atoms with Crippen molar-refractivity contribution in [1.82, 2.24) is 4.90 Å². The number of hydrogen-bond acceptors (Lipinski definition) is 2. The summed E-state index contributed by atoms with van der Waals surface area (Å²) >= 11 is 0. The molecule has 1 heterocycles. The van der Waals surface area contributed by atoms with Crippen molar-refractivity contribution in [3.63, 3.8) is 0 Å². The Morgan fingerprint density at radius 1 is 1.47 bits per heavy atom. The lowest BCUT2D eigenvalue weighted by molar-refractivity contribution is -0.132. The number of hydrogen-bond donors (Lipinski definition) is 1.